The van der Waals surface area contributed by atoms with Crippen LogP contribution in [0.5, 0.6) is 0 Å². The van der Waals surface area contributed by atoms with Crippen molar-refractivity contribution < 1.29 is 19.1 Å². The Hall–Kier alpha value is -2.56. The standard InChI is InChI=1S/C21H27NO4/c1-7-25-20(23)17-14(4)22(6)15(5)18(21(24)26-8-2)19(17)16-11-9-10-13(3)12-16/h9-12,19H,7-8H2,1-6H3. The molecule has 0 N–H and O–H groups in total. The van der Waals surface area contributed by atoms with E-state index in [9.17, 15) is 9.59 Å². The molecule has 0 aromatic heterocycles. The molecule has 0 amide bonds. The van der Waals surface area contributed by atoms with Gasteiger partial charge in [0.25, 0.3) is 0 Å². The van der Waals surface area contributed by atoms with Gasteiger partial charge in [-0.3, -0.25) is 0 Å². The van der Waals surface area contributed by atoms with Crippen molar-refractivity contribution in [1.29, 1.82) is 0 Å². The van der Waals surface area contributed by atoms with E-state index < -0.39 is 17.9 Å². The molecule has 0 saturated carbocycles. The molecule has 1 aliphatic rings. The normalized spacial score (nSPS) is 15.4. The zero-order valence-corrected chi connectivity index (χ0v) is 16.4. The van der Waals surface area contributed by atoms with Crippen molar-refractivity contribution in [2.75, 3.05) is 20.3 Å². The summed E-state index contributed by atoms with van der Waals surface area (Å²) in [7, 11) is 1.84. The first-order valence-corrected chi connectivity index (χ1v) is 8.89. The fourth-order valence-electron chi connectivity index (χ4n) is 3.31. The number of rotatable bonds is 5. The summed E-state index contributed by atoms with van der Waals surface area (Å²) in [5.74, 6) is -1.32. The summed E-state index contributed by atoms with van der Waals surface area (Å²) in [6, 6.07) is 7.84. The first-order valence-electron chi connectivity index (χ1n) is 8.89. The second kappa shape index (κ2) is 8.21. The Bertz CT molecular complexity index is 734. The van der Waals surface area contributed by atoms with Gasteiger partial charge >= 0.3 is 11.9 Å². The van der Waals surface area contributed by atoms with Gasteiger partial charge in [0.1, 0.15) is 0 Å². The van der Waals surface area contributed by atoms with E-state index in [0.717, 1.165) is 22.5 Å². The van der Waals surface area contributed by atoms with Crippen LogP contribution >= 0.6 is 0 Å². The van der Waals surface area contributed by atoms with Crippen molar-refractivity contribution >= 4 is 11.9 Å². The molecular weight excluding hydrogens is 330 g/mol. The average Bonchev–Trinajstić information content (AvgIpc) is 2.59. The van der Waals surface area contributed by atoms with Crippen LogP contribution in [0, 0.1) is 6.92 Å². The molecule has 0 atom stereocenters. The molecule has 0 fully saturated rings. The monoisotopic (exact) mass is 357 g/mol. The lowest BCUT2D eigenvalue weighted by atomic mass is 9.79. The van der Waals surface area contributed by atoms with Crippen molar-refractivity contribution in [2.45, 2.75) is 40.5 Å². The SMILES string of the molecule is CCOC(=O)C1=C(C)N(C)C(C)=C(C(=O)OCC)C1c1cccc(C)c1. The van der Waals surface area contributed by atoms with Gasteiger partial charge in [0.05, 0.1) is 30.3 Å². The molecule has 1 heterocycles. The number of benzene rings is 1. The summed E-state index contributed by atoms with van der Waals surface area (Å²) in [4.78, 5) is 27.4. The predicted octanol–water partition coefficient (Wildman–Crippen LogP) is 3.70. The third kappa shape index (κ3) is 3.66. The maximum atomic E-state index is 12.8. The lowest BCUT2D eigenvalue weighted by molar-refractivity contribution is -0.139. The first-order chi connectivity index (χ1) is 12.3. The molecule has 2 rings (SSSR count). The van der Waals surface area contributed by atoms with E-state index in [2.05, 4.69) is 0 Å². The molecule has 26 heavy (non-hydrogen) atoms. The van der Waals surface area contributed by atoms with Crippen LogP contribution in [-0.4, -0.2) is 37.1 Å². The van der Waals surface area contributed by atoms with Crippen molar-refractivity contribution in [3.63, 3.8) is 0 Å². The summed E-state index contributed by atoms with van der Waals surface area (Å²) in [6.45, 7) is 9.83. The summed E-state index contributed by atoms with van der Waals surface area (Å²) >= 11 is 0. The molecule has 140 valence electrons. The minimum absolute atomic E-state index is 0.275. The molecule has 1 aliphatic heterocycles. The highest BCUT2D eigenvalue weighted by molar-refractivity contribution is 5.99. The van der Waals surface area contributed by atoms with Crippen LogP contribution in [-0.2, 0) is 19.1 Å². The van der Waals surface area contributed by atoms with Crippen LogP contribution in [0.3, 0.4) is 0 Å². The molecule has 0 aliphatic carbocycles. The van der Waals surface area contributed by atoms with Gasteiger partial charge in [-0.1, -0.05) is 29.8 Å². The van der Waals surface area contributed by atoms with Gasteiger partial charge in [-0.25, -0.2) is 9.59 Å². The Labute approximate surface area is 155 Å². The Morgan fingerprint density at radius 1 is 0.962 bits per heavy atom. The molecular formula is C21H27NO4. The topological polar surface area (TPSA) is 55.8 Å². The van der Waals surface area contributed by atoms with E-state index in [1.54, 1.807) is 13.8 Å². The van der Waals surface area contributed by atoms with Crippen LogP contribution < -0.4 is 0 Å². The number of nitrogens with zero attached hydrogens (tertiary/aromatic N) is 1. The van der Waals surface area contributed by atoms with E-state index in [1.165, 1.54) is 0 Å². The summed E-state index contributed by atoms with van der Waals surface area (Å²) in [5, 5.41) is 0. The Morgan fingerprint density at radius 2 is 1.46 bits per heavy atom. The summed E-state index contributed by atoms with van der Waals surface area (Å²) in [6.07, 6.45) is 0. The maximum absolute atomic E-state index is 12.8. The predicted molar refractivity (Wildman–Crippen MR) is 100 cm³/mol. The van der Waals surface area contributed by atoms with Gasteiger partial charge in [-0.05, 0) is 40.2 Å². The Morgan fingerprint density at radius 3 is 1.88 bits per heavy atom. The lowest BCUT2D eigenvalue weighted by Gasteiger charge is -2.35. The highest BCUT2D eigenvalue weighted by Gasteiger charge is 2.39. The number of hydrogen-bond acceptors (Lipinski definition) is 5. The fourth-order valence-corrected chi connectivity index (χ4v) is 3.31. The molecule has 1 aromatic carbocycles. The third-order valence-corrected chi connectivity index (χ3v) is 4.73. The van der Waals surface area contributed by atoms with Crippen LogP contribution in [0.2, 0.25) is 0 Å². The lowest BCUT2D eigenvalue weighted by Crippen LogP contribution is -2.33. The van der Waals surface area contributed by atoms with E-state index in [1.807, 2.05) is 57.0 Å². The summed E-state index contributed by atoms with van der Waals surface area (Å²) < 4.78 is 10.6. The van der Waals surface area contributed by atoms with Crippen molar-refractivity contribution in [3.8, 4) is 0 Å². The number of allylic oxidation sites excluding steroid dienone is 2. The van der Waals surface area contributed by atoms with E-state index in [0.29, 0.717) is 11.1 Å². The third-order valence-electron chi connectivity index (χ3n) is 4.73. The Kier molecular flexibility index (Phi) is 6.24. The van der Waals surface area contributed by atoms with Gasteiger partial charge in [0.2, 0.25) is 0 Å². The van der Waals surface area contributed by atoms with Crippen LogP contribution in [0.1, 0.15) is 44.7 Å². The van der Waals surface area contributed by atoms with Crippen LogP contribution in [0.4, 0.5) is 0 Å². The number of carbonyl (C=O) groups is 2. The number of aryl methyl sites for hydroxylation is 1. The Balaban J connectivity index is 2.72. The molecule has 0 bridgehead atoms. The van der Waals surface area contributed by atoms with Gasteiger partial charge < -0.3 is 14.4 Å². The smallest absolute Gasteiger partial charge is 0.336 e. The highest BCUT2D eigenvalue weighted by atomic mass is 16.5. The minimum atomic E-state index is -0.510. The minimum Gasteiger partial charge on any atom is -0.463 e. The number of hydrogen-bond donors (Lipinski definition) is 0. The zero-order chi connectivity index (χ0) is 19.4. The second-order valence-electron chi connectivity index (χ2n) is 6.35. The zero-order valence-electron chi connectivity index (χ0n) is 16.4. The van der Waals surface area contributed by atoms with Crippen LogP contribution in [0.25, 0.3) is 0 Å². The van der Waals surface area contributed by atoms with Gasteiger partial charge in [0, 0.05) is 18.4 Å². The molecule has 1 aromatic rings. The van der Waals surface area contributed by atoms with E-state index >= 15 is 0 Å². The quantitative estimate of drug-likeness (QED) is 0.752. The maximum Gasteiger partial charge on any atom is 0.336 e. The summed E-state index contributed by atoms with van der Waals surface area (Å²) in [5.41, 5.74) is 4.45. The molecule has 0 saturated heterocycles. The molecule has 5 heteroatoms. The van der Waals surface area contributed by atoms with Crippen molar-refractivity contribution in [1.82, 2.24) is 4.90 Å². The van der Waals surface area contributed by atoms with Crippen molar-refractivity contribution in [2.24, 2.45) is 0 Å². The highest BCUT2D eigenvalue weighted by Crippen LogP contribution is 2.42. The van der Waals surface area contributed by atoms with Gasteiger partial charge in [-0.15, -0.1) is 0 Å². The molecule has 0 unspecified atom stereocenters. The van der Waals surface area contributed by atoms with Gasteiger partial charge in [-0.2, -0.15) is 0 Å². The second-order valence-corrected chi connectivity index (χ2v) is 6.35. The first kappa shape index (κ1) is 19.8. The average molecular weight is 357 g/mol. The number of esters is 2. The van der Waals surface area contributed by atoms with Gasteiger partial charge in [0.15, 0.2) is 0 Å². The van der Waals surface area contributed by atoms with Crippen LogP contribution in [0.15, 0.2) is 46.8 Å². The number of ether oxygens (including phenoxy) is 2. The molecule has 5 nitrogen and oxygen atoms in total. The fraction of sp³-hybridized carbons (Fsp3) is 0.429. The molecule has 0 spiro atoms. The van der Waals surface area contributed by atoms with E-state index in [4.69, 9.17) is 9.47 Å². The van der Waals surface area contributed by atoms with Crippen molar-refractivity contribution in [3.05, 3.63) is 57.9 Å². The largest absolute Gasteiger partial charge is 0.463 e. The molecule has 0 radical (unpaired) electrons. The van der Waals surface area contributed by atoms with E-state index in [-0.39, 0.29) is 13.2 Å². The number of carbonyl (C=O) groups excluding carboxylic acids is 2.